The number of nitrogen functional groups attached to an aromatic ring is 2. The molecule has 1 aliphatic rings. The number of nitrogens with zero attached hydrogens (tertiary/aromatic N) is 2. The second-order valence-corrected chi connectivity index (χ2v) is 4.72. The topological polar surface area (TPSA) is 68.2 Å². The third-order valence-electron chi connectivity index (χ3n) is 3.62. The summed E-state index contributed by atoms with van der Waals surface area (Å²) in [6.45, 7) is 5.59. The van der Waals surface area contributed by atoms with E-state index in [-0.39, 0.29) is 0 Å². The third kappa shape index (κ3) is 1.92. The number of nitrogens with two attached hydrogens (primary N) is 2. The number of aromatic nitrogens is 1. The molecule has 0 saturated carbocycles. The van der Waals surface area contributed by atoms with Gasteiger partial charge in [-0.1, -0.05) is 6.92 Å². The second kappa shape index (κ2) is 4.20. The van der Waals surface area contributed by atoms with Crippen molar-refractivity contribution in [2.24, 2.45) is 5.92 Å². The standard InChI is InChI=1S/C12H20N4/c1-8-4-3-5-16(9(8)2)12-6-10(13)11(14)7-15-12/h6-9H,3-5,14H2,1-2H3,(H2,13,15). The van der Waals surface area contributed by atoms with Crippen molar-refractivity contribution in [3.05, 3.63) is 12.3 Å². The number of hydrogen-bond donors (Lipinski definition) is 2. The summed E-state index contributed by atoms with van der Waals surface area (Å²) in [6.07, 6.45) is 4.16. The highest BCUT2D eigenvalue weighted by Gasteiger charge is 2.25. The number of pyridine rings is 1. The summed E-state index contributed by atoms with van der Waals surface area (Å²) >= 11 is 0. The molecule has 4 heteroatoms. The van der Waals surface area contributed by atoms with Crippen LogP contribution >= 0.6 is 0 Å². The van der Waals surface area contributed by atoms with Crippen LogP contribution in [0.5, 0.6) is 0 Å². The Labute approximate surface area is 96.6 Å². The second-order valence-electron chi connectivity index (χ2n) is 4.72. The van der Waals surface area contributed by atoms with Gasteiger partial charge in [0.2, 0.25) is 0 Å². The van der Waals surface area contributed by atoms with E-state index in [1.165, 1.54) is 12.8 Å². The van der Waals surface area contributed by atoms with Crippen molar-refractivity contribution in [3.8, 4) is 0 Å². The first-order valence-electron chi connectivity index (χ1n) is 5.87. The van der Waals surface area contributed by atoms with Gasteiger partial charge in [-0.25, -0.2) is 4.98 Å². The van der Waals surface area contributed by atoms with E-state index in [1.807, 2.05) is 6.07 Å². The predicted octanol–water partition coefficient (Wildman–Crippen LogP) is 1.87. The molecule has 0 aliphatic carbocycles. The van der Waals surface area contributed by atoms with Crippen molar-refractivity contribution in [1.82, 2.24) is 4.98 Å². The summed E-state index contributed by atoms with van der Waals surface area (Å²) < 4.78 is 0. The van der Waals surface area contributed by atoms with Gasteiger partial charge < -0.3 is 16.4 Å². The van der Waals surface area contributed by atoms with Crippen LogP contribution in [0.3, 0.4) is 0 Å². The first-order chi connectivity index (χ1) is 7.59. The molecule has 2 unspecified atom stereocenters. The van der Waals surface area contributed by atoms with Crippen LogP contribution in [0.1, 0.15) is 26.7 Å². The Kier molecular flexibility index (Phi) is 2.90. The van der Waals surface area contributed by atoms with E-state index >= 15 is 0 Å². The molecule has 0 amide bonds. The molecule has 0 bridgehead atoms. The molecule has 0 spiro atoms. The highest BCUT2D eigenvalue weighted by atomic mass is 15.2. The van der Waals surface area contributed by atoms with E-state index in [4.69, 9.17) is 11.5 Å². The Morgan fingerprint density at radius 1 is 1.31 bits per heavy atom. The lowest BCUT2D eigenvalue weighted by Crippen LogP contribution is -2.42. The predicted molar refractivity (Wildman–Crippen MR) is 68.3 cm³/mol. The Morgan fingerprint density at radius 3 is 2.75 bits per heavy atom. The molecule has 0 radical (unpaired) electrons. The first kappa shape index (κ1) is 11.0. The molecule has 2 atom stereocenters. The van der Waals surface area contributed by atoms with Crippen molar-refractivity contribution < 1.29 is 0 Å². The van der Waals surface area contributed by atoms with Crippen molar-refractivity contribution in [2.75, 3.05) is 22.9 Å². The lowest BCUT2D eigenvalue weighted by atomic mass is 9.92. The fraction of sp³-hybridized carbons (Fsp3) is 0.583. The van der Waals surface area contributed by atoms with Crippen molar-refractivity contribution >= 4 is 17.2 Å². The molecule has 16 heavy (non-hydrogen) atoms. The zero-order chi connectivity index (χ0) is 11.7. The average molecular weight is 220 g/mol. The van der Waals surface area contributed by atoms with Gasteiger partial charge in [0, 0.05) is 18.7 Å². The molecule has 1 aromatic heterocycles. The Hall–Kier alpha value is -1.45. The summed E-state index contributed by atoms with van der Waals surface area (Å²) in [5.74, 6) is 1.65. The van der Waals surface area contributed by atoms with Gasteiger partial charge in [-0.05, 0) is 25.7 Å². The molecule has 2 heterocycles. The molecule has 1 fully saturated rings. The molecule has 4 nitrogen and oxygen atoms in total. The Balaban J connectivity index is 2.25. The normalized spacial score (nSPS) is 25.8. The van der Waals surface area contributed by atoms with Gasteiger partial charge in [-0.15, -0.1) is 0 Å². The smallest absolute Gasteiger partial charge is 0.130 e. The minimum absolute atomic E-state index is 0.518. The molecular weight excluding hydrogens is 200 g/mol. The summed E-state index contributed by atoms with van der Waals surface area (Å²) in [7, 11) is 0. The minimum atomic E-state index is 0.518. The van der Waals surface area contributed by atoms with Gasteiger partial charge >= 0.3 is 0 Å². The van der Waals surface area contributed by atoms with E-state index in [0.29, 0.717) is 23.3 Å². The summed E-state index contributed by atoms with van der Waals surface area (Å²) in [4.78, 5) is 6.69. The van der Waals surface area contributed by atoms with Gasteiger partial charge in [0.05, 0.1) is 17.6 Å². The number of hydrogen-bond acceptors (Lipinski definition) is 4. The highest BCUT2D eigenvalue weighted by Crippen LogP contribution is 2.29. The quantitative estimate of drug-likeness (QED) is 0.758. The molecular formula is C12H20N4. The molecule has 4 N–H and O–H groups in total. The van der Waals surface area contributed by atoms with Gasteiger partial charge in [0.25, 0.3) is 0 Å². The van der Waals surface area contributed by atoms with E-state index in [1.54, 1.807) is 6.20 Å². The van der Waals surface area contributed by atoms with Gasteiger partial charge in [0.15, 0.2) is 0 Å². The van der Waals surface area contributed by atoms with Crippen LogP contribution in [0.2, 0.25) is 0 Å². The third-order valence-corrected chi connectivity index (χ3v) is 3.62. The Bertz CT molecular complexity index is 377. The maximum absolute atomic E-state index is 5.82. The fourth-order valence-corrected chi connectivity index (χ4v) is 2.29. The van der Waals surface area contributed by atoms with E-state index in [2.05, 4.69) is 23.7 Å². The van der Waals surface area contributed by atoms with Crippen LogP contribution in [0, 0.1) is 5.92 Å². The van der Waals surface area contributed by atoms with E-state index in [9.17, 15) is 0 Å². The highest BCUT2D eigenvalue weighted by molar-refractivity contribution is 5.66. The zero-order valence-corrected chi connectivity index (χ0v) is 9.98. The van der Waals surface area contributed by atoms with Crippen LogP contribution in [0.25, 0.3) is 0 Å². The van der Waals surface area contributed by atoms with E-state index in [0.717, 1.165) is 12.4 Å². The molecule has 88 valence electrons. The zero-order valence-electron chi connectivity index (χ0n) is 9.98. The minimum Gasteiger partial charge on any atom is -0.397 e. The SMILES string of the molecule is CC1CCCN(c2cc(N)c(N)cn2)C1C. The maximum Gasteiger partial charge on any atom is 0.130 e. The van der Waals surface area contributed by atoms with Crippen LogP contribution in [0.15, 0.2) is 12.3 Å². The number of rotatable bonds is 1. The summed E-state index contributed by atoms with van der Waals surface area (Å²) in [5.41, 5.74) is 12.7. The molecule has 0 aromatic carbocycles. The van der Waals surface area contributed by atoms with Crippen LogP contribution in [-0.4, -0.2) is 17.6 Å². The number of piperidine rings is 1. The van der Waals surface area contributed by atoms with Crippen LogP contribution < -0.4 is 16.4 Å². The lowest BCUT2D eigenvalue weighted by Gasteiger charge is -2.38. The lowest BCUT2D eigenvalue weighted by molar-refractivity contribution is 0.361. The largest absolute Gasteiger partial charge is 0.397 e. The first-order valence-corrected chi connectivity index (χ1v) is 5.87. The van der Waals surface area contributed by atoms with Crippen molar-refractivity contribution in [3.63, 3.8) is 0 Å². The summed E-state index contributed by atoms with van der Waals surface area (Å²) in [5, 5.41) is 0. The van der Waals surface area contributed by atoms with Gasteiger partial charge in [-0.3, -0.25) is 0 Å². The van der Waals surface area contributed by atoms with Crippen molar-refractivity contribution in [2.45, 2.75) is 32.7 Å². The molecule has 1 aliphatic heterocycles. The molecule has 1 saturated heterocycles. The average Bonchev–Trinajstić information content (AvgIpc) is 2.26. The van der Waals surface area contributed by atoms with Gasteiger partial charge in [0.1, 0.15) is 5.82 Å². The monoisotopic (exact) mass is 220 g/mol. The van der Waals surface area contributed by atoms with E-state index < -0.39 is 0 Å². The molecule has 1 aromatic rings. The fourth-order valence-electron chi connectivity index (χ4n) is 2.29. The van der Waals surface area contributed by atoms with Gasteiger partial charge in [-0.2, -0.15) is 0 Å². The van der Waals surface area contributed by atoms with Crippen LogP contribution in [0.4, 0.5) is 17.2 Å². The molecule has 2 rings (SSSR count). The Morgan fingerprint density at radius 2 is 2.06 bits per heavy atom. The number of anilines is 3. The summed E-state index contributed by atoms with van der Waals surface area (Å²) in [6, 6.07) is 2.40. The van der Waals surface area contributed by atoms with Crippen molar-refractivity contribution in [1.29, 1.82) is 0 Å². The maximum atomic E-state index is 5.82. The van der Waals surface area contributed by atoms with Crippen LogP contribution in [-0.2, 0) is 0 Å².